The Kier molecular flexibility index (Phi) is 2.63. The molecule has 3 nitrogen and oxygen atoms in total. The maximum atomic E-state index is 12.5. The fourth-order valence-corrected chi connectivity index (χ4v) is 2.26. The lowest BCUT2D eigenvalue weighted by Gasteiger charge is -2.03. The van der Waals surface area contributed by atoms with E-state index < -0.39 is 20.9 Å². The van der Waals surface area contributed by atoms with E-state index in [9.17, 15) is 17.4 Å². The maximum Gasteiger partial charge on any atom is 0.335 e. The second-order valence-corrected chi connectivity index (χ2v) is 4.70. The van der Waals surface area contributed by atoms with Crippen LogP contribution in [0.25, 0.3) is 0 Å². The van der Waals surface area contributed by atoms with Gasteiger partial charge in [0.2, 0.25) is 0 Å². The number of phenolic OH excluding ortho intramolecular Hbond substituents is 1. The zero-order valence-corrected chi connectivity index (χ0v) is 8.99. The van der Waals surface area contributed by atoms with Gasteiger partial charge in [-0.25, -0.2) is 0 Å². The molecule has 72 valence electrons. The van der Waals surface area contributed by atoms with Crippen LogP contribution in [0, 0.1) is 6.92 Å². The van der Waals surface area contributed by atoms with Gasteiger partial charge in [-0.3, -0.25) is 0 Å². The van der Waals surface area contributed by atoms with Crippen molar-refractivity contribution in [2.24, 2.45) is 0 Å². The predicted octanol–water partition coefficient (Wildman–Crippen LogP) is 2.12. The molecule has 0 heterocycles. The Morgan fingerprint density at radius 3 is 2.46 bits per heavy atom. The second kappa shape index (κ2) is 3.26. The topological polar surface area (TPSA) is 54.4 Å². The van der Waals surface area contributed by atoms with Crippen LogP contribution >= 0.6 is 15.9 Å². The SMILES string of the molecule is Cc1cc(Br)c(O)c(S(=O)(=O)F)c1. The second-order valence-electron chi connectivity index (χ2n) is 2.53. The Balaban J connectivity index is 3.56. The highest BCUT2D eigenvalue weighted by Crippen LogP contribution is 2.33. The lowest BCUT2D eigenvalue weighted by Crippen LogP contribution is -1.94. The van der Waals surface area contributed by atoms with Crippen LogP contribution in [0.15, 0.2) is 21.5 Å². The van der Waals surface area contributed by atoms with E-state index in [4.69, 9.17) is 0 Å². The number of hydrogen-bond donors (Lipinski definition) is 1. The number of aromatic hydroxyl groups is 1. The third-order valence-corrected chi connectivity index (χ3v) is 2.88. The summed E-state index contributed by atoms with van der Waals surface area (Å²) in [4.78, 5) is -0.709. The van der Waals surface area contributed by atoms with Gasteiger partial charge in [-0.05, 0) is 40.5 Å². The molecule has 0 aliphatic carbocycles. The highest BCUT2D eigenvalue weighted by Gasteiger charge is 2.19. The van der Waals surface area contributed by atoms with Gasteiger partial charge in [0, 0.05) is 0 Å². The third-order valence-electron chi connectivity index (χ3n) is 1.44. The number of phenols is 1. The first-order valence-corrected chi connectivity index (χ1v) is 5.44. The van der Waals surface area contributed by atoms with Gasteiger partial charge in [-0.2, -0.15) is 8.42 Å². The molecule has 0 unspecified atom stereocenters. The molecule has 0 fully saturated rings. The zero-order chi connectivity index (χ0) is 10.2. The van der Waals surface area contributed by atoms with Gasteiger partial charge in [0.15, 0.2) is 5.75 Å². The van der Waals surface area contributed by atoms with E-state index in [2.05, 4.69) is 15.9 Å². The molecule has 0 saturated carbocycles. The molecule has 13 heavy (non-hydrogen) atoms. The molecule has 6 heteroatoms. The van der Waals surface area contributed by atoms with Crippen molar-refractivity contribution in [2.75, 3.05) is 0 Å². The van der Waals surface area contributed by atoms with Crippen molar-refractivity contribution in [1.82, 2.24) is 0 Å². The molecule has 0 spiro atoms. The highest BCUT2D eigenvalue weighted by molar-refractivity contribution is 9.10. The molecule has 1 aromatic rings. The molecule has 0 aromatic heterocycles. The molecule has 0 radical (unpaired) electrons. The molecule has 0 aliphatic heterocycles. The summed E-state index contributed by atoms with van der Waals surface area (Å²) in [6.07, 6.45) is 0. The quantitative estimate of drug-likeness (QED) is 0.794. The van der Waals surface area contributed by atoms with Crippen molar-refractivity contribution in [3.05, 3.63) is 22.2 Å². The zero-order valence-electron chi connectivity index (χ0n) is 6.58. The van der Waals surface area contributed by atoms with Crippen LogP contribution in [0.4, 0.5) is 3.89 Å². The summed E-state index contributed by atoms with van der Waals surface area (Å²) in [5.74, 6) is -0.604. The van der Waals surface area contributed by atoms with Crippen molar-refractivity contribution in [2.45, 2.75) is 11.8 Å². The average molecular weight is 269 g/mol. The van der Waals surface area contributed by atoms with E-state index in [0.717, 1.165) is 6.07 Å². The van der Waals surface area contributed by atoms with Crippen LogP contribution in [-0.4, -0.2) is 13.5 Å². The number of hydrogen-bond acceptors (Lipinski definition) is 3. The molecule has 0 aliphatic rings. The van der Waals surface area contributed by atoms with E-state index in [1.165, 1.54) is 6.07 Å². The van der Waals surface area contributed by atoms with Crippen LogP contribution in [0.1, 0.15) is 5.56 Å². The number of rotatable bonds is 1. The minimum Gasteiger partial charge on any atom is -0.505 e. The summed E-state index contributed by atoms with van der Waals surface area (Å²) in [6, 6.07) is 2.55. The van der Waals surface area contributed by atoms with E-state index in [0.29, 0.717) is 5.56 Å². The lowest BCUT2D eigenvalue weighted by atomic mass is 10.2. The molecule has 1 aromatic carbocycles. The first-order valence-electron chi connectivity index (χ1n) is 3.26. The molecular weight excluding hydrogens is 263 g/mol. The Morgan fingerprint density at radius 2 is 2.00 bits per heavy atom. The van der Waals surface area contributed by atoms with Crippen LogP contribution < -0.4 is 0 Å². The third kappa shape index (κ3) is 2.19. The molecule has 0 bridgehead atoms. The van der Waals surface area contributed by atoms with Crippen molar-refractivity contribution in [3.63, 3.8) is 0 Å². The number of benzene rings is 1. The lowest BCUT2D eigenvalue weighted by molar-refractivity contribution is 0.451. The fourth-order valence-electron chi connectivity index (χ4n) is 0.889. The maximum absolute atomic E-state index is 12.5. The van der Waals surface area contributed by atoms with Gasteiger partial charge in [0.1, 0.15) is 4.90 Å². The van der Waals surface area contributed by atoms with E-state index in [-0.39, 0.29) is 4.47 Å². The molecular formula is C7H6BrFO3S. The van der Waals surface area contributed by atoms with Gasteiger partial charge < -0.3 is 5.11 Å². The highest BCUT2D eigenvalue weighted by atomic mass is 79.9. The minimum absolute atomic E-state index is 0.156. The standard InChI is InChI=1S/C7H6BrFO3S/c1-4-2-5(8)7(10)6(3-4)13(9,11)12/h2-3,10H,1H3. The summed E-state index contributed by atoms with van der Waals surface area (Å²) in [5.41, 5.74) is 0.543. The van der Waals surface area contributed by atoms with E-state index >= 15 is 0 Å². The Bertz CT molecular complexity index is 441. The van der Waals surface area contributed by atoms with Crippen molar-refractivity contribution in [3.8, 4) is 5.75 Å². The monoisotopic (exact) mass is 268 g/mol. The summed E-state index contributed by atoms with van der Waals surface area (Å²) >= 11 is 2.91. The Labute approximate surface area is 83.5 Å². The van der Waals surface area contributed by atoms with Crippen molar-refractivity contribution < 1.29 is 17.4 Å². The van der Waals surface area contributed by atoms with Gasteiger partial charge in [-0.15, -0.1) is 3.89 Å². The van der Waals surface area contributed by atoms with Crippen LogP contribution in [0.2, 0.25) is 0 Å². The van der Waals surface area contributed by atoms with Crippen molar-refractivity contribution in [1.29, 1.82) is 0 Å². The minimum atomic E-state index is -4.86. The largest absolute Gasteiger partial charge is 0.505 e. The molecule has 1 N–H and O–H groups in total. The van der Waals surface area contributed by atoms with Crippen LogP contribution in [-0.2, 0) is 10.2 Å². The summed E-state index contributed by atoms with van der Waals surface area (Å²) in [5, 5.41) is 9.19. The van der Waals surface area contributed by atoms with Crippen LogP contribution in [0.3, 0.4) is 0 Å². The summed E-state index contributed by atoms with van der Waals surface area (Å²) in [7, 11) is -4.86. The van der Waals surface area contributed by atoms with Crippen LogP contribution in [0.5, 0.6) is 5.75 Å². The number of halogens is 2. The molecule has 0 atom stereocenters. The molecule has 0 saturated heterocycles. The van der Waals surface area contributed by atoms with Gasteiger partial charge in [0.05, 0.1) is 4.47 Å². The van der Waals surface area contributed by atoms with E-state index in [1.54, 1.807) is 6.92 Å². The summed E-state index contributed by atoms with van der Waals surface area (Å²) in [6.45, 7) is 1.60. The first kappa shape index (κ1) is 10.5. The van der Waals surface area contributed by atoms with Gasteiger partial charge >= 0.3 is 10.2 Å². The summed E-state index contributed by atoms with van der Waals surface area (Å²) < 4.78 is 33.7. The molecule has 1 rings (SSSR count). The normalized spacial score (nSPS) is 11.6. The number of aryl methyl sites for hydroxylation is 1. The van der Waals surface area contributed by atoms with Crippen molar-refractivity contribution >= 4 is 26.2 Å². The fraction of sp³-hybridized carbons (Fsp3) is 0.143. The van der Waals surface area contributed by atoms with E-state index in [1.807, 2.05) is 0 Å². The average Bonchev–Trinajstić information content (AvgIpc) is 1.94. The van der Waals surface area contributed by atoms with Gasteiger partial charge in [0.25, 0.3) is 0 Å². The van der Waals surface area contributed by atoms with Gasteiger partial charge in [-0.1, -0.05) is 0 Å². The smallest absolute Gasteiger partial charge is 0.335 e. The molecule has 0 amide bonds. The Morgan fingerprint density at radius 1 is 1.46 bits per heavy atom. The predicted molar refractivity (Wildman–Crippen MR) is 48.8 cm³/mol. The first-order chi connectivity index (χ1) is 5.82. The Hall–Kier alpha value is -0.620.